The highest BCUT2D eigenvalue weighted by Crippen LogP contribution is 2.27. The number of carbonyl (C=O) groups is 1. The molecule has 0 saturated carbocycles. The van der Waals surface area contributed by atoms with Crippen LogP contribution in [0.1, 0.15) is 284 Å². The Morgan fingerprint density at radius 2 is 0.747 bits per heavy atom. The molecule has 0 spiro atoms. The Morgan fingerprint density at radius 3 is 1.16 bits per heavy atom. The summed E-state index contributed by atoms with van der Waals surface area (Å²) in [6.07, 6.45) is 53.2. The van der Waals surface area contributed by atoms with Crippen LogP contribution >= 0.6 is 0 Å². The molecule has 2 heterocycles. The third kappa shape index (κ3) is 40.9. The van der Waals surface area contributed by atoms with Crippen LogP contribution in [0.15, 0.2) is 48.6 Å². The monoisotopic (exact) mass is 1180 g/mol. The van der Waals surface area contributed by atoms with Crippen molar-refractivity contribution in [3.05, 3.63) is 48.6 Å². The van der Waals surface area contributed by atoms with Crippen LogP contribution in [0.2, 0.25) is 0 Å². The second kappa shape index (κ2) is 55.3. The van der Waals surface area contributed by atoms with Crippen LogP contribution in [-0.4, -0.2) is 142 Å². The quantitative estimate of drug-likeness (QED) is 0.0171. The van der Waals surface area contributed by atoms with Crippen molar-refractivity contribution in [3.63, 3.8) is 0 Å². The molecule has 2 aliphatic rings. The lowest BCUT2D eigenvalue weighted by Crippen LogP contribution is -2.61. The van der Waals surface area contributed by atoms with Gasteiger partial charge in [-0.05, 0) is 77.0 Å². The van der Waals surface area contributed by atoms with E-state index < -0.39 is 80.7 Å². The topological polar surface area (TPSA) is 214 Å². The third-order valence-electron chi connectivity index (χ3n) is 16.3. The Labute approximate surface area is 505 Å². The fraction of sp³-hybridized carbons (Fsp3) is 0.870. The summed E-state index contributed by atoms with van der Waals surface area (Å²) in [5, 5.41) is 72.6. The molecule has 14 nitrogen and oxygen atoms in total. The number of rotatable bonds is 57. The van der Waals surface area contributed by atoms with E-state index in [0.29, 0.717) is 13.0 Å². The fourth-order valence-corrected chi connectivity index (χ4v) is 10.8. The molecular weight excluding hydrogens is 1050 g/mol. The average Bonchev–Trinajstić information content (AvgIpc) is 3.69. The van der Waals surface area contributed by atoms with E-state index in [0.717, 1.165) is 51.4 Å². The maximum Gasteiger partial charge on any atom is 0.306 e. The van der Waals surface area contributed by atoms with Crippen LogP contribution < -0.4 is 0 Å². The van der Waals surface area contributed by atoms with Gasteiger partial charge < -0.3 is 64.2 Å². The van der Waals surface area contributed by atoms with Gasteiger partial charge in [0.25, 0.3) is 0 Å². The molecule has 11 atom stereocenters. The number of hydrogen-bond acceptors (Lipinski definition) is 14. The number of unbranched alkanes of at least 4 members (excludes halogenated alkanes) is 35. The Balaban J connectivity index is 1.64. The van der Waals surface area contributed by atoms with Gasteiger partial charge in [0.15, 0.2) is 12.6 Å². The zero-order valence-corrected chi connectivity index (χ0v) is 52.7. The maximum atomic E-state index is 13.1. The minimum Gasteiger partial charge on any atom is -0.457 e. The molecule has 83 heavy (non-hydrogen) atoms. The Kier molecular flexibility index (Phi) is 51.3. The van der Waals surface area contributed by atoms with Crippen LogP contribution in [-0.2, 0) is 33.2 Å². The first-order valence-electron chi connectivity index (χ1n) is 34.2. The number of allylic oxidation sites excluding steroid dienone is 8. The highest BCUT2D eigenvalue weighted by Gasteiger charge is 2.47. The van der Waals surface area contributed by atoms with E-state index in [9.17, 15) is 40.5 Å². The summed E-state index contributed by atoms with van der Waals surface area (Å²) in [4.78, 5) is 13.1. The summed E-state index contributed by atoms with van der Waals surface area (Å²) in [6, 6.07) is 0. The molecule has 2 fully saturated rings. The van der Waals surface area contributed by atoms with Crippen molar-refractivity contribution < 1.29 is 69.0 Å². The van der Waals surface area contributed by atoms with E-state index in [4.69, 9.17) is 28.4 Å². The molecule has 486 valence electrons. The van der Waals surface area contributed by atoms with Gasteiger partial charge in [-0.3, -0.25) is 4.79 Å². The van der Waals surface area contributed by atoms with Crippen LogP contribution in [0.4, 0.5) is 0 Å². The van der Waals surface area contributed by atoms with Gasteiger partial charge in [-0.25, -0.2) is 0 Å². The van der Waals surface area contributed by atoms with Crippen molar-refractivity contribution in [2.45, 2.75) is 351 Å². The van der Waals surface area contributed by atoms with Gasteiger partial charge >= 0.3 is 5.97 Å². The molecule has 0 aromatic carbocycles. The number of esters is 1. The first kappa shape index (κ1) is 77.0. The molecule has 14 heteroatoms. The molecule has 0 aliphatic carbocycles. The molecule has 0 aromatic heterocycles. The summed E-state index contributed by atoms with van der Waals surface area (Å²) >= 11 is 0. The number of hydrogen-bond donors (Lipinski definition) is 7. The van der Waals surface area contributed by atoms with E-state index in [1.165, 1.54) is 205 Å². The lowest BCUT2D eigenvalue weighted by Gasteiger charge is -2.42. The van der Waals surface area contributed by atoms with Crippen molar-refractivity contribution in [2.75, 3.05) is 33.0 Å². The largest absolute Gasteiger partial charge is 0.457 e. The van der Waals surface area contributed by atoms with E-state index in [1.807, 2.05) is 0 Å². The highest BCUT2D eigenvalue weighted by molar-refractivity contribution is 5.69. The summed E-state index contributed by atoms with van der Waals surface area (Å²) < 4.78 is 34.5. The van der Waals surface area contributed by atoms with Crippen LogP contribution in [0, 0.1) is 0 Å². The molecule has 0 amide bonds. The second-order valence-electron chi connectivity index (χ2n) is 24.0. The zero-order valence-electron chi connectivity index (χ0n) is 52.7. The van der Waals surface area contributed by atoms with Crippen LogP contribution in [0.3, 0.4) is 0 Å². The number of aliphatic hydroxyl groups excluding tert-OH is 7. The van der Waals surface area contributed by atoms with E-state index in [-0.39, 0.29) is 25.6 Å². The maximum absolute atomic E-state index is 13.1. The van der Waals surface area contributed by atoms with Gasteiger partial charge in [-0.1, -0.05) is 249 Å². The zero-order chi connectivity index (χ0) is 60.1. The molecule has 2 saturated heterocycles. The number of aliphatic hydroxyl groups is 7. The molecule has 2 aliphatic heterocycles. The minimum atomic E-state index is -1.71. The second-order valence-corrected chi connectivity index (χ2v) is 24.0. The van der Waals surface area contributed by atoms with Crippen molar-refractivity contribution in [2.24, 2.45) is 0 Å². The third-order valence-corrected chi connectivity index (χ3v) is 16.3. The van der Waals surface area contributed by atoms with Gasteiger partial charge in [0.05, 0.1) is 26.4 Å². The first-order valence-corrected chi connectivity index (χ1v) is 34.2. The SMILES string of the molecule is CCCCCCC/C=C\C/C=C\CCCCCCCCCCCCCCCCOCC(COC1OC(COC2OC(CO)C(O)C(O)C2O)C(O)C(O)C1O)OC(=O)CCCCCCCCCCCCC/C=C\C/C=C\CCCCCCC. The van der Waals surface area contributed by atoms with Crippen LogP contribution in [0.5, 0.6) is 0 Å². The van der Waals surface area contributed by atoms with Crippen molar-refractivity contribution >= 4 is 5.97 Å². The average molecular weight is 1180 g/mol. The van der Waals surface area contributed by atoms with Crippen LogP contribution in [0.25, 0.3) is 0 Å². The number of carbonyl (C=O) groups excluding carboxylic acids is 1. The van der Waals surface area contributed by atoms with E-state index in [2.05, 4.69) is 62.5 Å². The standard InChI is InChI=1S/C69H126O14/c1-3-5-7-9-11-13-15-17-19-21-23-25-27-28-29-31-33-35-37-39-41-43-45-47-49-51-53-78-55-58(56-79-68-67(77)65(75)63(73)60(83-68)57-80-69-66(76)64(74)62(72)59(54-70)82-69)81-61(71)52-50-48-46-44-42-40-38-36-34-32-30-26-24-22-20-18-16-14-12-10-8-6-4-2/h15-18,21-24,58-60,62-70,72-77H,3-14,19-20,25-57H2,1-2H3/b17-15-,18-16-,23-21-,24-22-. The lowest BCUT2D eigenvalue weighted by atomic mass is 9.98. The van der Waals surface area contributed by atoms with Gasteiger partial charge in [-0.15, -0.1) is 0 Å². The van der Waals surface area contributed by atoms with Crippen molar-refractivity contribution in [3.8, 4) is 0 Å². The molecule has 2 rings (SSSR count). The van der Waals surface area contributed by atoms with Gasteiger partial charge in [0, 0.05) is 13.0 Å². The van der Waals surface area contributed by atoms with Crippen molar-refractivity contribution in [1.29, 1.82) is 0 Å². The fourth-order valence-electron chi connectivity index (χ4n) is 10.8. The minimum absolute atomic E-state index is 0.0619. The van der Waals surface area contributed by atoms with Gasteiger partial charge in [0.1, 0.15) is 54.9 Å². The van der Waals surface area contributed by atoms with E-state index >= 15 is 0 Å². The highest BCUT2D eigenvalue weighted by atomic mass is 16.7. The normalized spacial score (nSPS) is 23.7. The molecule has 0 bridgehead atoms. The number of ether oxygens (including phenoxy) is 6. The first-order chi connectivity index (χ1) is 40.6. The summed E-state index contributed by atoms with van der Waals surface area (Å²) in [5.41, 5.74) is 0. The summed E-state index contributed by atoms with van der Waals surface area (Å²) in [7, 11) is 0. The van der Waals surface area contributed by atoms with Gasteiger partial charge in [-0.2, -0.15) is 0 Å². The molecule has 11 unspecified atom stereocenters. The predicted octanol–water partition coefficient (Wildman–Crippen LogP) is 14.2. The van der Waals surface area contributed by atoms with Crippen molar-refractivity contribution in [1.82, 2.24) is 0 Å². The smallest absolute Gasteiger partial charge is 0.306 e. The Morgan fingerprint density at radius 1 is 0.398 bits per heavy atom. The Hall–Kier alpha value is -2.05. The molecule has 7 N–H and O–H groups in total. The summed E-state index contributed by atoms with van der Waals surface area (Å²) in [6.45, 7) is 3.72. The van der Waals surface area contributed by atoms with E-state index in [1.54, 1.807) is 0 Å². The predicted molar refractivity (Wildman–Crippen MR) is 335 cm³/mol. The Bertz CT molecular complexity index is 1560. The molecule has 0 radical (unpaired) electrons. The molecule has 0 aromatic rings. The lowest BCUT2D eigenvalue weighted by molar-refractivity contribution is -0.332. The van der Waals surface area contributed by atoms with Gasteiger partial charge in [0.2, 0.25) is 0 Å². The summed E-state index contributed by atoms with van der Waals surface area (Å²) in [5.74, 6) is -0.374. The molecular formula is C69H126O14.